The lowest BCUT2D eigenvalue weighted by atomic mass is 10.1. The molecule has 0 aliphatic heterocycles. The van der Waals surface area contributed by atoms with E-state index in [9.17, 15) is 0 Å². The van der Waals surface area contributed by atoms with E-state index in [2.05, 4.69) is 24.4 Å². The Morgan fingerprint density at radius 3 is 2.75 bits per heavy atom. The lowest BCUT2D eigenvalue weighted by Crippen LogP contribution is -2.27. The molecule has 1 atom stereocenters. The van der Waals surface area contributed by atoms with Crippen LogP contribution in [-0.2, 0) is 9.47 Å². The second-order valence-corrected chi connectivity index (χ2v) is 4.58. The third-order valence-corrected chi connectivity index (χ3v) is 2.93. The van der Waals surface area contributed by atoms with E-state index in [1.165, 1.54) is 5.56 Å². The SMILES string of the molecule is CCCNC(COCCOC)c1cccc(OCC)c1. The predicted octanol–water partition coefficient (Wildman–Crippen LogP) is 2.79. The fourth-order valence-electron chi connectivity index (χ4n) is 1.92. The molecule has 4 nitrogen and oxygen atoms in total. The molecular formula is C16H27NO3. The zero-order valence-electron chi connectivity index (χ0n) is 12.9. The first-order chi connectivity index (χ1) is 9.81. The van der Waals surface area contributed by atoms with E-state index in [1.807, 2.05) is 19.1 Å². The summed E-state index contributed by atoms with van der Waals surface area (Å²) in [4.78, 5) is 0. The van der Waals surface area contributed by atoms with Gasteiger partial charge in [0.2, 0.25) is 0 Å². The van der Waals surface area contributed by atoms with Gasteiger partial charge in [-0.3, -0.25) is 0 Å². The topological polar surface area (TPSA) is 39.7 Å². The fraction of sp³-hybridized carbons (Fsp3) is 0.625. The molecule has 0 aliphatic rings. The van der Waals surface area contributed by atoms with Gasteiger partial charge >= 0.3 is 0 Å². The Morgan fingerprint density at radius 1 is 1.20 bits per heavy atom. The number of nitrogens with one attached hydrogen (secondary N) is 1. The fourth-order valence-corrected chi connectivity index (χ4v) is 1.92. The minimum absolute atomic E-state index is 0.187. The standard InChI is InChI=1S/C16H27NO3/c1-4-9-17-16(13-19-11-10-18-3)14-7-6-8-15(12-14)20-5-2/h6-8,12,16-17H,4-5,9-11,13H2,1-3H3. The normalized spacial score (nSPS) is 12.3. The molecule has 4 heteroatoms. The third kappa shape index (κ3) is 6.37. The summed E-state index contributed by atoms with van der Waals surface area (Å²) in [5.41, 5.74) is 1.20. The highest BCUT2D eigenvalue weighted by atomic mass is 16.5. The minimum atomic E-state index is 0.187. The van der Waals surface area contributed by atoms with E-state index in [0.717, 1.165) is 18.7 Å². The first-order valence-electron chi connectivity index (χ1n) is 7.34. The molecule has 1 N–H and O–H groups in total. The monoisotopic (exact) mass is 281 g/mol. The van der Waals surface area contributed by atoms with Gasteiger partial charge in [0.25, 0.3) is 0 Å². The maximum Gasteiger partial charge on any atom is 0.119 e. The number of hydrogen-bond acceptors (Lipinski definition) is 4. The molecule has 0 aromatic heterocycles. The van der Waals surface area contributed by atoms with Crippen LogP contribution >= 0.6 is 0 Å². The van der Waals surface area contributed by atoms with Crippen molar-refractivity contribution in [3.8, 4) is 5.75 Å². The van der Waals surface area contributed by atoms with Gasteiger partial charge in [-0.2, -0.15) is 0 Å². The van der Waals surface area contributed by atoms with Crippen molar-refractivity contribution >= 4 is 0 Å². The molecule has 0 saturated heterocycles. The van der Waals surface area contributed by atoms with Crippen LogP contribution < -0.4 is 10.1 Å². The molecule has 0 radical (unpaired) electrons. The Labute approximate surface area is 122 Å². The lowest BCUT2D eigenvalue weighted by Gasteiger charge is -2.20. The first kappa shape index (κ1) is 17.0. The summed E-state index contributed by atoms with van der Waals surface area (Å²) in [6, 6.07) is 8.38. The van der Waals surface area contributed by atoms with E-state index in [0.29, 0.717) is 26.4 Å². The van der Waals surface area contributed by atoms with Gasteiger partial charge in [0.05, 0.1) is 32.5 Å². The van der Waals surface area contributed by atoms with E-state index in [1.54, 1.807) is 7.11 Å². The van der Waals surface area contributed by atoms with Crippen molar-refractivity contribution in [2.45, 2.75) is 26.3 Å². The zero-order chi connectivity index (χ0) is 14.6. The summed E-state index contributed by atoms with van der Waals surface area (Å²) in [5, 5.41) is 3.51. The average molecular weight is 281 g/mol. The molecule has 20 heavy (non-hydrogen) atoms. The molecule has 1 unspecified atom stereocenters. The van der Waals surface area contributed by atoms with Crippen LogP contribution in [0.1, 0.15) is 31.9 Å². The molecule has 1 rings (SSSR count). The number of hydrogen-bond donors (Lipinski definition) is 1. The molecule has 0 heterocycles. The Kier molecular flexibility index (Phi) is 9.04. The van der Waals surface area contributed by atoms with Gasteiger partial charge in [0.1, 0.15) is 5.75 Å². The number of methoxy groups -OCH3 is 1. The van der Waals surface area contributed by atoms with Crippen molar-refractivity contribution < 1.29 is 14.2 Å². The Balaban J connectivity index is 2.62. The maximum atomic E-state index is 5.66. The van der Waals surface area contributed by atoms with E-state index in [-0.39, 0.29) is 6.04 Å². The van der Waals surface area contributed by atoms with E-state index >= 15 is 0 Å². The van der Waals surface area contributed by atoms with Gasteiger partial charge in [-0.05, 0) is 37.6 Å². The van der Waals surface area contributed by atoms with Crippen molar-refractivity contribution in [3.05, 3.63) is 29.8 Å². The predicted molar refractivity (Wildman–Crippen MR) is 81.3 cm³/mol. The van der Waals surface area contributed by atoms with Crippen molar-refractivity contribution in [1.29, 1.82) is 0 Å². The second-order valence-electron chi connectivity index (χ2n) is 4.58. The minimum Gasteiger partial charge on any atom is -0.494 e. The number of ether oxygens (including phenoxy) is 3. The molecule has 1 aromatic rings. The van der Waals surface area contributed by atoms with Crippen LogP contribution in [0.2, 0.25) is 0 Å². The zero-order valence-corrected chi connectivity index (χ0v) is 12.9. The van der Waals surface area contributed by atoms with E-state index < -0.39 is 0 Å². The highest BCUT2D eigenvalue weighted by Crippen LogP contribution is 2.20. The van der Waals surface area contributed by atoms with Crippen LogP contribution in [-0.4, -0.2) is 40.1 Å². The van der Waals surface area contributed by atoms with Crippen LogP contribution in [0.3, 0.4) is 0 Å². The molecule has 1 aromatic carbocycles. The van der Waals surface area contributed by atoms with Gasteiger partial charge in [-0.25, -0.2) is 0 Å². The van der Waals surface area contributed by atoms with Crippen LogP contribution in [0.5, 0.6) is 5.75 Å². The van der Waals surface area contributed by atoms with Gasteiger partial charge in [0.15, 0.2) is 0 Å². The quantitative estimate of drug-likeness (QED) is 0.633. The molecule has 114 valence electrons. The third-order valence-electron chi connectivity index (χ3n) is 2.93. The Bertz CT molecular complexity index is 357. The Morgan fingerprint density at radius 2 is 2.05 bits per heavy atom. The van der Waals surface area contributed by atoms with E-state index in [4.69, 9.17) is 14.2 Å². The van der Waals surface area contributed by atoms with Gasteiger partial charge in [-0.1, -0.05) is 19.1 Å². The summed E-state index contributed by atoms with van der Waals surface area (Å²) < 4.78 is 16.2. The molecule has 0 bridgehead atoms. The largest absolute Gasteiger partial charge is 0.494 e. The van der Waals surface area contributed by atoms with Crippen LogP contribution in [0.15, 0.2) is 24.3 Å². The Hall–Kier alpha value is -1.10. The summed E-state index contributed by atoms with van der Waals surface area (Å²) in [6.45, 7) is 7.68. The second kappa shape index (κ2) is 10.7. The van der Waals surface area contributed by atoms with Crippen LogP contribution in [0.25, 0.3) is 0 Å². The van der Waals surface area contributed by atoms with Crippen LogP contribution in [0, 0.1) is 0 Å². The summed E-state index contributed by atoms with van der Waals surface area (Å²) >= 11 is 0. The van der Waals surface area contributed by atoms with Crippen molar-refractivity contribution in [1.82, 2.24) is 5.32 Å². The van der Waals surface area contributed by atoms with Gasteiger partial charge in [-0.15, -0.1) is 0 Å². The summed E-state index contributed by atoms with van der Waals surface area (Å²) in [6.07, 6.45) is 1.10. The highest BCUT2D eigenvalue weighted by molar-refractivity contribution is 5.30. The molecule has 0 spiro atoms. The first-order valence-corrected chi connectivity index (χ1v) is 7.34. The summed E-state index contributed by atoms with van der Waals surface area (Å²) in [5.74, 6) is 0.908. The molecular weight excluding hydrogens is 254 g/mol. The molecule has 0 aliphatic carbocycles. The maximum absolute atomic E-state index is 5.66. The molecule has 0 saturated carbocycles. The lowest BCUT2D eigenvalue weighted by molar-refractivity contribution is 0.0585. The van der Waals surface area contributed by atoms with Crippen LogP contribution in [0.4, 0.5) is 0 Å². The molecule has 0 amide bonds. The van der Waals surface area contributed by atoms with Gasteiger partial charge < -0.3 is 19.5 Å². The molecule has 0 fully saturated rings. The van der Waals surface area contributed by atoms with Crippen molar-refractivity contribution in [2.24, 2.45) is 0 Å². The summed E-state index contributed by atoms with van der Waals surface area (Å²) in [7, 11) is 1.68. The van der Waals surface area contributed by atoms with Crippen molar-refractivity contribution in [2.75, 3.05) is 40.1 Å². The van der Waals surface area contributed by atoms with Crippen molar-refractivity contribution in [3.63, 3.8) is 0 Å². The number of rotatable bonds is 11. The smallest absolute Gasteiger partial charge is 0.119 e. The van der Waals surface area contributed by atoms with Gasteiger partial charge in [0, 0.05) is 7.11 Å². The average Bonchev–Trinajstić information content (AvgIpc) is 2.47. The highest BCUT2D eigenvalue weighted by Gasteiger charge is 2.11. The number of benzene rings is 1.